The molecular weight excluding hydrogens is 315 g/mol. The van der Waals surface area contributed by atoms with Gasteiger partial charge in [0.05, 0.1) is 4.43 Å². The molecule has 7 heteroatoms. The summed E-state index contributed by atoms with van der Waals surface area (Å²) in [6.07, 6.45) is 0. The Morgan fingerprint density at radius 1 is 1.20 bits per heavy atom. The average Bonchev–Trinajstić information content (AvgIpc) is 2.16. The highest BCUT2D eigenvalue weighted by atomic mass is 127. The fourth-order valence-electron chi connectivity index (χ4n) is 0.746. The van der Waals surface area contributed by atoms with Gasteiger partial charge in [-0.3, -0.25) is 14.4 Å². The fraction of sp³-hybridized carbons (Fsp3) is 0.625. The van der Waals surface area contributed by atoms with Gasteiger partial charge >= 0.3 is 5.97 Å². The number of hydrogen-bond acceptors (Lipinski definition) is 3. The maximum absolute atomic E-state index is 11.3. The largest absolute Gasteiger partial charge is 0.480 e. The summed E-state index contributed by atoms with van der Waals surface area (Å²) < 4.78 is 0.254. The van der Waals surface area contributed by atoms with E-state index < -0.39 is 24.0 Å². The van der Waals surface area contributed by atoms with Gasteiger partial charge in [0.15, 0.2) is 0 Å². The first kappa shape index (κ1) is 14.1. The summed E-state index contributed by atoms with van der Waals surface area (Å²) in [4.78, 5) is 32.7. The van der Waals surface area contributed by atoms with E-state index in [1.54, 1.807) is 0 Å². The lowest BCUT2D eigenvalue weighted by Crippen LogP contribution is -2.49. The summed E-state index contributed by atoms with van der Waals surface area (Å²) >= 11 is 1.87. The van der Waals surface area contributed by atoms with Gasteiger partial charge in [0, 0.05) is 0 Å². The van der Waals surface area contributed by atoms with Gasteiger partial charge in [-0.2, -0.15) is 0 Å². The molecule has 0 fully saturated rings. The predicted octanol–water partition coefficient (Wildman–Crippen LogP) is -0.485. The minimum absolute atomic E-state index is 0.254. The normalized spacial score (nSPS) is 13.8. The number of nitrogens with one attached hydrogen (secondary N) is 2. The number of amides is 2. The minimum Gasteiger partial charge on any atom is -0.480 e. The third-order valence-corrected chi connectivity index (χ3v) is 2.31. The Bertz CT molecular complexity index is 269. The minimum atomic E-state index is -1.12. The van der Waals surface area contributed by atoms with Gasteiger partial charge in [-0.1, -0.05) is 22.6 Å². The summed E-state index contributed by atoms with van der Waals surface area (Å²) in [7, 11) is 0. The van der Waals surface area contributed by atoms with Gasteiger partial charge in [-0.25, -0.2) is 0 Å². The van der Waals surface area contributed by atoms with Crippen LogP contribution in [-0.2, 0) is 14.4 Å². The SMILES string of the molecule is C[C@@H](NC(=O)[C@@H](C)NC(=O)CI)C(=O)O. The van der Waals surface area contributed by atoms with E-state index in [1.165, 1.54) is 13.8 Å². The molecule has 2 amide bonds. The van der Waals surface area contributed by atoms with E-state index in [4.69, 9.17) is 5.11 Å². The lowest BCUT2D eigenvalue weighted by atomic mass is 10.2. The van der Waals surface area contributed by atoms with E-state index in [0.717, 1.165) is 0 Å². The molecule has 0 aliphatic carbocycles. The molecular formula is C8H13IN2O4. The number of carbonyl (C=O) groups is 3. The highest BCUT2D eigenvalue weighted by Crippen LogP contribution is 1.88. The number of rotatable bonds is 5. The van der Waals surface area contributed by atoms with Crippen molar-refractivity contribution in [2.75, 3.05) is 4.43 Å². The van der Waals surface area contributed by atoms with Crippen molar-refractivity contribution in [1.29, 1.82) is 0 Å². The molecule has 86 valence electrons. The number of halogens is 1. The number of alkyl halides is 1. The van der Waals surface area contributed by atoms with Crippen molar-refractivity contribution in [3.63, 3.8) is 0 Å². The van der Waals surface area contributed by atoms with Crippen LogP contribution in [0.3, 0.4) is 0 Å². The number of carbonyl (C=O) groups excluding carboxylic acids is 2. The Morgan fingerprint density at radius 3 is 2.13 bits per heavy atom. The van der Waals surface area contributed by atoms with Crippen molar-refractivity contribution in [1.82, 2.24) is 10.6 Å². The smallest absolute Gasteiger partial charge is 0.325 e. The highest BCUT2D eigenvalue weighted by molar-refractivity contribution is 14.1. The Hall–Kier alpha value is -0.860. The first-order valence-electron chi connectivity index (χ1n) is 4.27. The zero-order valence-corrected chi connectivity index (χ0v) is 10.6. The number of aliphatic carboxylic acids is 1. The molecule has 0 spiro atoms. The van der Waals surface area contributed by atoms with E-state index in [2.05, 4.69) is 10.6 Å². The van der Waals surface area contributed by atoms with E-state index >= 15 is 0 Å². The van der Waals surface area contributed by atoms with Crippen molar-refractivity contribution in [2.45, 2.75) is 25.9 Å². The van der Waals surface area contributed by atoms with Crippen molar-refractivity contribution in [2.24, 2.45) is 0 Å². The van der Waals surface area contributed by atoms with E-state index in [9.17, 15) is 14.4 Å². The molecule has 0 radical (unpaired) electrons. The molecule has 6 nitrogen and oxygen atoms in total. The van der Waals surface area contributed by atoms with E-state index in [-0.39, 0.29) is 10.3 Å². The number of carboxylic acids is 1. The number of carboxylic acid groups (broad SMARTS) is 1. The standard InChI is InChI=1S/C8H13IN2O4/c1-4(10-6(12)3-9)7(13)11-5(2)8(14)15/h4-5H,3H2,1-2H3,(H,10,12)(H,11,13)(H,14,15)/t4-,5-/m1/s1. The summed E-state index contributed by atoms with van der Waals surface area (Å²) in [6.45, 7) is 2.85. The summed E-state index contributed by atoms with van der Waals surface area (Å²) in [5.74, 6) is -1.89. The van der Waals surface area contributed by atoms with Gasteiger partial charge in [0.2, 0.25) is 11.8 Å². The summed E-state index contributed by atoms with van der Waals surface area (Å²) in [5.41, 5.74) is 0. The summed E-state index contributed by atoms with van der Waals surface area (Å²) in [5, 5.41) is 13.2. The van der Waals surface area contributed by atoms with Gasteiger partial charge in [0.1, 0.15) is 12.1 Å². The van der Waals surface area contributed by atoms with Gasteiger partial charge in [0.25, 0.3) is 0 Å². The van der Waals surface area contributed by atoms with Crippen LogP contribution in [0.2, 0.25) is 0 Å². The van der Waals surface area contributed by atoms with Crippen LogP contribution in [0.5, 0.6) is 0 Å². The van der Waals surface area contributed by atoms with Crippen LogP contribution in [0.1, 0.15) is 13.8 Å². The lowest BCUT2D eigenvalue weighted by molar-refractivity contribution is -0.141. The zero-order chi connectivity index (χ0) is 12.0. The van der Waals surface area contributed by atoms with E-state index in [0.29, 0.717) is 0 Å². The van der Waals surface area contributed by atoms with Crippen LogP contribution in [0.25, 0.3) is 0 Å². The van der Waals surface area contributed by atoms with E-state index in [1.807, 2.05) is 22.6 Å². The van der Waals surface area contributed by atoms with Crippen LogP contribution in [0.15, 0.2) is 0 Å². The second kappa shape index (κ2) is 6.59. The third-order valence-electron chi connectivity index (χ3n) is 1.62. The van der Waals surface area contributed by atoms with Crippen LogP contribution >= 0.6 is 22.6 Å². The van der Waals surface area contributed by atoms with Crippen molar-refractivity contribution in [3.8, 4) is 0 Å². The molecule has 0 aliphatic rings. The number of hydrogen-bond donors (Lipinski definition) is 3. The van der Waals surface area contributed by atoms with Gasteiger partial charge < -0.3 is 15.7 Å². The average molecular weight is 328 g/mol. The van der Waals surface area contributed by atoms with Crippen LogP contribution in [0, 0.1) is 0 Å². The second-order valence-corrected chi connectivity index (χ2v) is 3.75. The molecule has 0 saturated carbocycles. The van der Waals surface area contributed by atoms with Crippen LogP contribution in [-0.4, -0.2) is 39.4 Å². The molecule has 0 rings (SSSR count). The monoisotopic (exact) mass is 328 g/mol. The van der Waals surface area contributed by atoms with Crippen molar-refractivity contribution >= 4 is 40.4 Å². The first-order valence-corrected chi connectivity index (χ1v) is 5.79. The molecule has 0 saturated heterocycles. The molecule has 0 heterocycles. The predicted molar refractivity (Wildman–Crippen MR) is 61.7 cm³/mol. The van der Waals surface area contributed by atoms with Crippen LogP contribution < -0.4 is 10.6 Å². The lowest BCUT2D eigenvalue weighted by Gasteiger charge is -2.15. The third kappa shape index (κ3) is 5.55. The van der Waals surface area contributed by atoms with Crippen molar-refractivity contribution < 1.29 is 19.5 Å². The molecule has 0 aromatic carbocycles. The Balaban J connectivity index is 4.10. The Morgan fingerprint density at radius 2 is 1.73 bits per heavy atom. The van der Waals surface area contributed by atoms with Crippen molar-refractivity contribution in [3.05, 3.63) is 0 Å². The molecule has 15 heavy (non-hydrogen) atoms. The van der Waals surface area contributed by atoms with Crippen LogP contribution in [0.4, 0.5) is 0 Å². The summed E-state index contributed by atoms with van der Waals surface area (Å²) in [6, 6.07) is -1.69. The topological polar surface area (TPSA) is 95.5 Å². The van der Waals surface area contributed by atoms with Gasteiger partial charge in [-0.15, -0.1) is 0 Å². The van der Waals surface area contributed by atoms with Gasteiger partial charge in [-0.05, 0) is 13.8 Å². The molecule has 0 bridgehead atoms. The Kier molecular flexibility index (Phi) is 6.21. The molecule has 3 N–H and O–H groups in total. The highest BCUT2D eigenvalue weighted by Gasteiger charge is 2.19. The molecule has 0 aliphatic heterocycles. The molecule has 0 aromatic rings. The fourth-order valence-corrected chi connectivity index (χ4v) is 0.966. The maximum Gasteiger partial charge on any atom is 0.325 e. The molecule has 0 aromatic heterocycles. The quantitative estimate of drug-likeness (QED) is 0.469. The Labute approximate surface area is 101 Å². The second-order valence-electron chi connectivity index (χ2n) is 2.99. The molecule has 0 unspecified atom stereocenters. The molecule has 2 atom stereocenters. The first-order chi connectivity index (χ1) is 6.88. The maximum atomic E-state index is 11.3. The zero-order valence-electron chi connectivity index (χ0n) is 8.41.